The van der Waals surface area contributed by atoms with Crippen molar-refractivity contribution in [3.8, 4) is 0 Å². The van der Waals surface area contributed by atoms with Gasteiger partial charge in [-0.2, -0.15) is 0 Å². The summed E-state index contributed by atoms with van der Waals surface area (Å²) < 4.78 is 0. The first kappa shape index (κ1) is 10.6. The monoisotopic (exact) mass is 183 g/mol. The van der Waals surface area contributed by atoms with Crippen LogP contribution in [0.15, 0.2) is 0 Å². The Bertz CT molecular complexity index is 181. The van der Waals surface area contributed by atoms with Crippen molar-refractivity contribution in [2.45, 2.75) is 58.4 Å². The van der Waals surface area contributed by atoms with Gasteiger partial charge >= 0.3 is 0 Å². The Balaban J connectivity index is 2.50. The molecule has 0 radical (unpaired) electrons. The molecule has 0 aromatic carbocycles. The second-order valence-electron chi connectivity index (χ2n) is 4.74. The number of carbonyl (C=O) groups excluding carboxylic acids is 1. The van der Waals surface area contributed by atoms with E-state index >= 15 is 0 Å². The molecule has 2 heteroatoms. The normalized spacial score (nSPS) is 19.9. The Hall–Kier alpha value is -0.530. The zero-order valence-corrected chi connectivity index (χ0v) is 9.02. The number of hydrogen-bond acceptors (Lipinski definition) is 1. The third-order valence-electron chi connectivity index (χ3n) is 3.12. The van der Waals surface area contributed by atoms with E-state index in [0.717, 1.165) is 0 Å². The molecule has 1 fully saturated rings. The van der Waals surface area contributed by atoms with Gasteiger partial charge in [-0.1, -0.05) is 19.3 Å². The van der Waals surface area contributed by atoms with Crippen molar-refractivity contribution in [1.29, 1.82) is 0 Å². The Morgan fingerprint density at radius 3 is 2.23 bits per heavy atom. The van der Waals surface area contributed by atoms with Gasteiger partial charge in [-0.3, -0.25) is 4.79 Å². The highest BCUT2D eigenvalue weighted by Crippen LogP contribution is 2.32. The summed E-state index contributed by atoms with van der Waals surface area (Å²) in [6, 6.07) is 0. The van der Waals surface area contributed by atoms with Crippen molar-refractivity contribution < 1.29 is 4.79 Å². The second kappa shape index (κ2) is 4.12. The van der Waals surface area contributed by atoms with Crippen molar-refractivity contribution >= 4 is 5.91 Å². The van der Waals surface area contributed by atoms with E-state index in [-0.39, 0.29) is 11.4 Å². The van der Waals surface area contributed by atoms with Crippen LogP contribution in [0.25, 0.3) is 0 Å². The Labute approximate surface area is 81.1 Å². The standard InChI is InChI=1S/C11H21NO/c1-9(13)12-11(2,3)10-7-5-4-6-8-10/h10H,4-8H2,1-3H3,(H,12,13). The largest absolute Gasteiger partial charge is 0.351 e. The summed E-state index contributed by atoms with van der Waals surface area (Å²) in [5.41, 5.74) is -0.00769. The molecule has 1 amide bonds. The molecule has 1 N–H and O–H groups in total. The molecule has 0 aliphatic heterocycles. The molecule has 1 aliphatic rings. The molecule has 0 aromatic rings. The van der Waals surface area contributed by atoms with Gasteiger partial charge in [-0.15, -0.1) is 0 Å². The maximum absolute atomic E-state index is 11.0. The molecule has 1 rings (SSSR count). The van der Waals surface area contributed by atoms with E-state index in [1.165, 1.54) is 32.1 Å². The molecular weight excluding hydrogens is 162 g/mol. The SMILES string of the molecule is CC(=O)NC(C)(C)C1CCCCC1. The molecular formula is C11H21NO. The zero-order valence-electron chi connectivity index (χ0n) is 9.02. The number of rotatable bonds is 2. The smallest absolute Gasteiger partial charge is 0.217 e. The zero-order chi connectivity index (χ0) is 9.90. The van der Waals surface area contributed by atoms with E-state index in [1.54, 1.807) is 6.92 Å². The summed E-state index contributed by atoms with van der Waals surface area (Å²) in [4.78, 5) is 11.0. The quantitative estimate of drug-likeness (QED) is 0.700. The van der Waals surface area contributed by atoms with Crippen LogP contribution in [0, 0.1) is 5.92 Å². The molecule has 0 bridgehead atoms. The first-order valence-corrected chi connectivity index (χ1v) is 5.31. The van der Waals surface area contributed by atoms with Crippen molar-refractivity contribution in [3.63, 3.8) is 0 Å². The molecule has 13 heavy (non-hydrogen) atoms. The summed E-state index contributed by atoms with van der Waals surface area (Å²) in [6.45, 7) is 5.89. The minimum absolute atomic E-state index is 0.00769. The lowest BCUT2D eigenvalue weighted by Gasteiger charge is -2.37. The van der Waals surface area contributed by atoms with Gasteiger partial charge < -0.3 is 5.32 Å². The Morgan fingerprint density at radius 2 is 1.77 bits per heavy atom. The number of nitrogens with one attached hydrogen (secondary N) is 1. The topological polar surface area (TPSA) is 29.1 Å². The van der Waals surface area contributed by atoms with Crippen molar-refractivity contribution in [3.05, 3.63) is 0 Å². The molecule has 0 aromatic heterocycles. The van der Waals surface area contributed by atoms with Crippen molar-refractivity contribution in [2.24, 2.45) is 5.92 Å². The van der Waals surface area contributed by atoms with Gasteiger partial charge in [0.15, 0.2) is 0 Å². The van der Waals surface area contributed by atoms with E-state index < -0.39 is 0 Å². The highest BCUT2D eigenvalue weighted by Gasteiger charge is 2.30. The van der Waals surface area contributed by atoms with Gasteiger partial charge in [-0.05, 0) is 32.6 Å². The molecule has 0 atom stereocenters. The molecule has 0 unspecified atom stereocenters. The molecule has 1 saturated carbocycles. The highest BCUT2D eigenvalue weighted by atomic mass is 16.1. The summed E-state index contributed by atoms with van der Waals surface area (Å²) in [5, 5.41) is 3.05. The van der Waals surface area contributed by atoms with Crippen molar-refractivity contribution in [2.75, 3.05) is 0 Å². The Morgan fingerprint density at radius 1 is 1.23 bits per heavy atom. The minimum atomic E-state index is -0.00769. The summed E-state index contributed by atoms with van der Waals surface area (Å²) >= 11 is 0. The molecule has 0 spiro atoms. The third kappa shape index (κ3) is 3.02. The lowest BCUT2D eigenvalue weighted by Crippen LogP contribution is -2.48. The average Bonchev–Trinajstić information content (AvgIpc) is 2.04. The van der Waals surface area contributed by atoms with Crippen LogP contribution in [-0.2, 0) is 4.79 Å². The van der Waals surface area contributed by atoms with E-state index in [9.17, 15) is 4.79 Å². The lowest BCUT2D eigenvalue weighted by molar-refractivity contribution is -0.121. The minimum Gasteiger partial charge on any atom is -0.351 e. The number of hydrogen-bond donors (Lipinski definition) is 1. The summed E-state index contributed by atoms with van der Waals surface area (Å²) in [7, 11) is 0. The highest BCUT2D eigenvalue weighted by molar-refractivity contribution is 5.73. The first-order chi connectivity index (χ1) is 6.02. The van der Waals surface area contributed by atoms with Gasteiger partial charge in [0, 0.05) is 12.5 Å². The summed E-state index contributed by atoms with van der Waals surface area (Å²) in [5.74, 6) is 0.765. The van der Waals surface area contributed by atoms with Crippen LogP contribution in [0.5, 0.6) is 0 Å². The molecule has 2 nitrogen and oxygen atoms in total. The van der Waals surface area contributed by atoms with Gasteiger partial charge in [-0.25, -0.2) is 0 Å². The van der Waals surface area contributed by atoms with Crippen molar-refractivity contribution in [1.82, 2.24) is 5.32 Å². The van der Waals surface area contributed by atoms with Gasteiger partial charge in [0.05, 0.1) is 0 Å². The van der Waals surface area contributed by atoms with Gasteiger partial charge in [0.25, 0.3) is 0 Å². The van der Waals surface area contributed by atoms with E-state index in [4.69, 9.17) is 0 Å². The number of carbonyl (C=O) groups is 1. The fraction of sp³-hybridized carbons (Fsp3) is 0.909. The van der Waals surface area contributed by atoms with Gasteiger partial charge in [0.2, 0.25) is 5.91 Å². The lowest BCUT2D eigenvalue weighted by atomic mass is 9.77. The average molecular weight is 183 g/mol. The molecule has 0 saturated heterocycles. The second-order valence-corrected chi connectivity index (χ2v) is 4.74. The Kier molecular flexibility index (Phi) is 3.34. The third-order valence-corrected chi connectivity index (χ3v) is 3.12. The van der Waals surface area contributed by atoms with Crippen LogP contribution in [0.3, 0.4) is 0 Å². The molecule has 0 heterocycles. The fourth-order valence-electron chi connectivity index (χ4n) is 2.38. The van der Waals surface area contributed by atoms with Crippen LogP contribution in [0.2, 0.25) is 0 Å². The molecule has 76 valence electrons. The van der Waals surface area contributed by atoms with Crippen LogP contribution >= 0.6 is 0 Å². The predicted molar refractivity (Wildman–Crippen MR) is 54.5 cm³/mol. The van der Waals surface area contributed by atoms with Crippen LogP contribution in [-0.4, -0.2) is 11.4 Å². The summed E-state index contributed by atoms with van der Waals surface area (Å²) in [6.07, 6.45) is 6.56. The van der Waals surface area contributed by atoms with Crippen LogP contribution in [0.1, 0.15) is 52.9 Å². The van der Waals surface area contributed by atoms with E-state index in [0.29, 0.717) is 5.92 Å². The maximum Gasteiger partial charge on any atom is 0.217 e. The number of amides is 1. The van der Waals surface area contributed by atoms with E-state index in [1.807, 2.05) is 0 Å². The van der Waals surface area contributed by atoms with Gasteiger partial charge in [0.1, 0.15) is 0 Å². The predicted octanol–water partition coefficient (Wildman–Crippen LogP) is 2.48. The van der Waals surface area contributed by atoms with Crippen LogP contribution in [0.4, 0.5) is 0 Å². The fourth-order valence-corrected chi connectivity index (χ4v) is 2.38. The first-order valence-electron chi connectivity index (χ1n) is 5.31. The van der Waals surface area contributed by atoms with E-state index in [2.05, 4.69) is 19.2 Å². The molecule has 1 aliphatic carbocycles. The maximum atomic E-state index is 11.0. The van der Waals surface area contributed by atoms with Crippen LogP contribution < -0.4 is 5.32 Å².